The van der Waals surface area contributed by atoms with Crippen LogP contribution in [0, 0.1) is 0 Å². The van der Waals surface area contributed by atoms with Gasteiger partial charge in [-0.2, -0.15) is 0 Å². The van der Waals surface area contributed by atoms with Crippen LogP contribution in [0.25, 0.3) is 0 Å². The number of hydrogen-bond acceptors (Lipinski definition) is 3. The van der Waals surface area contributed by atoms with Crippen LogP contribution in [0.2, 0.25) is 0 Å². The molecule has 1 saturated carbocycles. The van der Waals surface area contributed by atoms with E-state index >= 15 is 0 Å². The van der Waals surface area contributed by atoms with E-state index in [-0.39, 0.29) is 0 Å². The van der Waals surface area contributed by atoms with Gasteiger partial charge in [-0.1, -0.05) is 42.8 Å². The fraction of sp³-hybridized carbons (Fsp3) is 0.333. The first-order valence-electron chi connectivity index (χ1n) is 7.41. The van der Waals surface area contributed by atoms with Gasteiger partial charge in [0.25, 0.3) is 0 Å². The summed E-state index contributed by atoms with van der Waals surface area (Å²) in [7, 11) is 1.58. The number of benzene rings is 2. The number of anilines is 1. The van der Waals surface area contributed by atoms with Gasteiger partial charge in [0, 0.05) is 5.56 Å². The Morgan fingerprint density at radius 2 is 1.86 bits per heavy atom. The number of para-hydroxylation sites is 1. The first-order chi connectivity index (χ1) is 10.2. The molecule has 0 heterocycles. The average Bonchev–Trinajstić information content (AvgIpc) is 2.46. The maximum Gasteiger partial charge on any atom is 0.142 e. The zero-order valence-corrected chi connectivity index (χ0v) is 12.3. The first kappa shape index (κ1) is 14.0. The van der Waals surface area contributed by atoms with Crippen molar-refractivity contribution in [1.82, 2.24) is 0 Å². The van der Waals surface area contributed by atoms with Crippen molar-refractivity contribution < 1.29 is 9.84 Å². The topological polar surface area (TPSA) is 55.5 Å². The second kappa shape index (κ2) is 5.78. The summed E-state index contributed by atoms with van der Waals surface area (Å²) in [4.78, 5) is 0. The molecule has 1 unspecified atom stereocenters. The summed E-state index contributed by atoms with van der Waals surface area (Å²) in [6, 6.07) is 13.7. The normalized spacial score (nSPS) is 16.3. The summed E-state index contributed by atoms with van der Waals surface area (Å²) in [5.74, 6) is 1.30. The predicted octanol–water partition coefficient (Wildman–Crippen LogP) is 3.63. The van der Waals surface area contributed by atoms with Gasteiger partial charge in [-0.3, -0.25) is 0 Å². The van der Waals surface area contributed by atoms with Crippen molar-refractivity contribution in [3.05, 3.63) is 59.2 Å². The lowest BCUT2D eigenvalue weighted by Gasteiger charge is -2.26. The van der Waals surface area contributed by atoms with Crippen LogP contribution in [-0.2, 0) is 0 Å². The van der Waals surface area contributed by atoms with E-state index in [1.807, 2.05) is 24.3 Å². The smallest absolute Gasteiger partial charge is 0.142 e. The summed E-state index contributed by atoms with van der Waals surface area (Å²) >= 11 is 0. The van der Waals surface area contributed by atoms with E-state index in [9.17, 15) is 5.11 Å². The molecule has 1 fully saturated rings. The molecular formula is C18H21NO2. The molecule has 1 atom stereocenters. The van der Waals surface area contributed by atoms with E-state index in [2.05, 4.69) is 12.1 Å². The molecule has 110 valence electrons. The Hall–Kier alpha value is -2.00. The molecule has 0 aliphatic heterocycles. The highest BCUT2D eigenvalue weighted by atomic mass is 16.5. The SMILES string of the molecule is COc1cccc(C(O)c2ccc(C3CCC3)cc2)c1N. The van der Waals surface area contributed by atoms with E-state index in [1.54, 1.807) is 13.2 Å². The molecule has 3 rings (SSSR count). The number of ether oxygens (including phenoxy) is 1. The molecule has 2 aromatic carbocycles. The highest BCUT2D eigenvalue weighted by Crippen LogP contribution is 2.37. The number of nitrogen functional groups attached to an aromatic ring is 1. The van der Waals surface area contributed by atoms with Crippen molar-refractivity contribution in [1.29, 1.82) is 0 Å². The molecule has 2 aromatic rings. The Balaban J connectivity index is 1.86. The fourth-order valence-electron chi connectivity index (χ4n) is 2.85. The molecule has 0 bridgehead atoms. The van der Waals surface area contributed by atoms with Crippen molar-refractivity contribution in [2.75, 3.05) is 12.8 Å². The minimum atomic E-state index is -0.726. The Morgan fingerprint density at radius 1 is 1.14 bits per heavy atom. The molecule has 0 amide bonds. The van der Waals surface area contributed by atoms with Crippen LogP contribution in [0.5, 0.6) is 5.75 Å². The van der Waals surface area contributed by atoms with Gasteiger partial charge >= 0.3 is 0 Å². The van der Waals surface area contributed by atoms with E-state index in [1.165, 1.54) is 24.8 Å². The quantitative estimate of drug-likeness (QED) is 0.842. The average molecular weight is 283 g/mol. The molecule has 0 saturated heterocycles. The highest BCUT2D eigenvalue weighted by Gasteiger charge is 2.20. The van der Waals surface area contributed by atoms with E-state index < -0.39 is 6.10 Å². The summed E-state index contributed by atoms with van der Waals surface area (Å²) in [5.41, 5.74) is 9.47. The molecular weight excluding hydrogens is 262 g/mol. The van der Waals surface area contributed by atoms with E-state index in [0.29, 0.717) is 22.9 Å². The second-order valence-corrected chi connectivity index (χ2v) is 5.66. The Morgan fingerprint density at radius 3 is 2.43 bits per heavy atom. The molecule has 0 spiro atoms. The van der Waals surface area contributed by atoms with Crippen LogP contribution < -0.4 is 10.5 Å². The van der Waals surface area contributed by atoms with Crippen molar-refractivity contribution in [2.45, 2.75) is 31.3 Å². The van der Waals surface area contributed by atoms with Crippen molar-refractivity contribution in [2.24, 2.45) is 0 Å². The third-order valence-electron chi connectivity index (χ3n) is 4.44. The number of hydrogen-bond donors (Lipinski definition) is 2. The van der Waals surface area contributed by atoms with Gasteiger partial charge in [0.1, 0.15) is 11.9 Å². The summed E-state index contributed by atoms with van der Waals surface area (Å²) < 4.78 is 5.21. The van der Waals surface area contributed by atoms with Crippen LogP contribution in [0.15, 0.2) is 42.5 Å². The van der Waals surface area contributed by atoms with Crippen molar-refractivity contribution in [3.8, 4) is 5.75 Å². The predicted molar refractivity (Wildman–Crippen MR) is 84.5 cm³/mol. The first-order valence-corrected chi connectivity index (χ1v) is 7.41. The van der Waals surface area contributed by atoms with Gasteiger partial charge < -0.3 is 15.6 Å². The minimum Gasteiger partial charge on any atom is -0.495 e. The van der Waals surface area contributed by atoms with Gasteiger partial charge in [-0.15, -0.1) is 0 Å². The standard InChI is InChI=1S/C18H21NO2/c1-21-16-7-3-6-15(17(16)19)18(20)14-10-8-13(9-11-14)12-4-2-5-12/h3,6-12,18,20H,2,4-5,19H2,1H3. The van der Waals surface area contributed by atoms with Crippen LogP contribution in [0.3, 0.4) is 0 Å². The van der Waals surface area contributed by atoms with Crippen molar-refractivity contribution >= 4 is 5.69 Å². The Bertz CT molecular complexity index is 618. The van der Waals surface area contributed by atoms with Gasteiger partial charge in [0.2, 0.25) is 0 Å². The molecule has 1 aliphatic carbocycles. The number of rotatable bonds is 4. The second-order valence-electron chi connectivity index (χ2n) is 5.66. The Kier molecular flexibility index (Phi) is 3.84. The largest absolute Gasteiger partial charge is 0.495 e. The van der Waals surface area contributed by atoms with Gasteiger partial charge in [0.15, 0.2) is 0 Å². The molecule has 0 aromatic heterocycles. The summed E-state index contributed by atoms with van der Waals surface area (Å²) in [6.07, 6.45) is 3.17. The van der Waals surface area contributed by atoms with E-state index in [0.717, 1.165) is 5.56 Å². The molecule has 0 radical (unpaired) electrons. The fourth-order valence-corrected chi connectivity index (χ4v) is 2.85. The molecule has 1 aliphatic rings. The van der Waals surface area contributed by atoms with Gasteiger partial charge in [-0.25, -0.2) is 0 Å². The summed E-state index contributed by atoms with van der Waals surface area (Å²) in [6.45, 7) is 0. The van der Waals surface area contributed by atoms with Crippen LogP contribution >= 0.6 is 0 Å². The number of aliphatic hydroxyl groups excluding tert-OH is 1. The zero-order chi connectivity index (χ0) is 14.8. The van der Waals surface area contributed by atoms with Crippen LogP contribution in [0.4, 0.5) is 5.69 Å². The Labute approximate surface area is 125 Å². The lowest BCUT2D eigenvalue weighted by atomic mass is 9.80. The lowest BCUT2D eigenvalue weighted by molar-refractivity contribution is 0.220. The van der Waals surface area contributed by atoms with Crippen LogP contribution in [-0.4, -0.2) is 12.2 Å². The monoisotopic (exact) mass is 283 g/mol. The molecule has 3 N–H and O–H groups in total. The highest BCUT2D eigenvalue weighted by molar-refractivity contribution is 5.60. The number of aliphatic hydroxyl groups is 1. The van der Waals surface area contributed by atoms with Crippen LogP contribution in [0.1, 0.15) is 48.0 Å². The zero-order valence-electron chi connectivity index (χ0n) is 12.3. The lowest BCUT2D eigenvalue weighted by Crippen LogP contribution is -2.09. The number of nitrogens with two attached hydrogens (primary N) is 1. The minimum absolute atomic E-state index is 0.496. The maximum atomic E-state index is 10.6. The molecule has 21 heavy (non-hydrogen) atoms. The third-order valence-corrected chi connectivity index (χ3v) is 4.44. The number of methoxy groups -OCH3 is 1. The summed E-state index contributed by atoms with van der Waals surface area (Å²) in [5, 5.41) is 10.6. The third kappa shape index (κ3) is 2.61. The van der Waals surface area contributed by atoms with Gasteiger partial charge in [-0.05, 0) is 36.0 Å². The van der Waals surface area contributed by atoms with Gasteiger partial charge in [0.05, 0.1) is 12.8 Å². The van der Waals surface area contributed by atoms with E-state index in [4.69, 9.17) is 10.5 Å². The maximum absolute atomic E-state index is 10.6. The van der Waals surface area contributed by atoms with Crippen molar-refractivity contribution in [3.63, 3.8) is 0 Å². The molecule has 3 heteroatoms. The molecule has 3 nitrogen and oxygen atoms in total.